The van der Waals surface area contributed by atoms with E-state index in [1.54, 1.807) is 0 Å². The van der Waals surface area contributed by atoms with Gasteiger partial charge in [0.05, 0.1) is 18.6 Å². The largest absolute Gasteiger partial charge is 0.379 e. The molecular weight excluding hydrogens is 222 g/mol. The van der Waals surface area contributed by atoms with Crippen molar-refractivity contribution in [1.82, 2.24) is 9.55 Å². The Balaban J connectivity index is 2.09. The molecule has 2 aromatic rings. The van der Waals surface area contributed by atoms with Gasteiger partial charge in [-0.1, -0.05) is 17.7 Å². The molecular formula is C15H21N3. The standard InChI is InChI=1S/C15H21N3/c1-11(2)18-10-16-8-14(18)9-17-15-6-5-12(3)7-13(15)4/h5-8,10-11,17H,9H2,1-4H3. The molecule has 0 saturated heterocycles. The van der Waals surface area contributed by atoms with E-state index in [9.17, 15) is 0 Å². The number of anilines is 1. The second-order valence-corrected chi connectivity index (χ2v) is 5.06. The van der Waals surface area contributed by atoms with E-state index in [0.717, 1.165) is 6.54 Å². The molecule has 3 nitrogen and oxygen atoms in total. The summed E-state index contributed by atoms with van der Waals surface area (Å²) in [6, 6.07) is 6.92. The zero-order valence-corrected chi connectivity index (χ0v) is 11.6. The monoisotopic (exact) mass is 243 g/mol. The van der Waals surface area contributed by atoms with Crippen molar-refractivity contribution in [3.05, 3.63) is 47.5 Å². The van der Waals surface area contributed by atoms with Crippen LogP contribution >= 0.6 is 0 Å². The van der Waals surface area contributed by atoms with Gasteiger partial charge in [-0.25, -0.2) is 4.98 Å². The van der Waals surface area contributed by atoms with Crippen LogP contribution in [0.5, 0.6) is 0 Å². The molecule has 18 heavy (non-hydrogen) atoms. The summed E-state index contributed by atoms with van der Waals surface area (Å²) in [5, 5.41) is 3.48. The van der Waals surface area contributed by atoms with Crippen LogP contribution in [0, 0.1) is 13.8 Å². The van der Waals surface area contributed by atoms with E-state index in [1.165, 1.54) is 22.5 Å². The first-order chi connectivity index (χ1) is 8.58. The SMILES string of the molecule is Cc1ccc(NCc2cncn2C(C)C)c(C)c1. The maximum Gasteiger partial charge on any atom is 0.0951 e. The van der Waals surface area contributed by atoms with Crippen LogP contribution in [0.1, 0.15) is 36.7 Å². The van der Waals surface area contributed by atoms with E-state index in [0.29, 0.717) is 6.04 Å². The number of nitrogens with zero attached hydrogens (tertiary/aromatic N) is 2. The van der Waals surface area contributed by atoms with Crippen LogP contribution in [0.4, 0.5) is 5.69 Å². The van der Waals surface area contributed by atoms with Gasteiger partial charge in [0.15, 0.2) is 0 Å². The Labute approximate surface area is 109 Å². The topological polar surface area (TPSA) is 29.9 Å². The van der Waals surface area contributed by atoms with Gasteiger partial charge in [-0.3, -0.25) is 0 Å². The lowest BCUT2D eigenvalue weighted by molar-refractivity contribution is 0.577. The van der Waals surface area contributed by atoms with Gasteiger partial charge in [0.25, 0.3) is 0 Å². The number of aromatic nitrogens is 2. The second kappa shape index (κ2) is 5.25. The van der Waals surface area contributed by atoms with Crippen LogP contribution in [0.15, 0.2) is 30.7 Å². The van der Waals surface area contributed by atoms with Crippen molar-refractivity contribution >= 4 is 5.69 Å². The Hall–Kier alpha value is -1.77. The molecule has 0 saturated carbocycles. The number of nitrogens with one attached hydrogen (secondary N) is 1. The fourth-order valence-electron chi connectivity index (χ4n) is 2.13. The summed E-state index contributed by atoms with van der Waals surface area (Å²) in [6.45, 7) is 9.40. The van der Waals surface area contributed by atoms with Gasteiger partial charge in [-0.15, -0.1) is 0 Å². The average molecular weight is 243 g/mol. The van der Waals surface area contributed by atoms with Crippen molar-refractivity contribution in [2.24, 2.45) is 0 Å². The summed E-state index contributed by atoms with van der Waals surface area (Å²) in [6.07, 6.45) is 3.82. The number of rotatable bonds is 4. The first-order valence-corrected chi connectivity index (χ1v) is 6.39. The summed E-state index contributed by atoms with van der Waals surface area (Å²) in [4.78, 5) is 4.22. The lowest BCUT2D eigenvalue weighted by Gasteiger charge is -2.14. The van der Waals surface area contributed by atoms with Crippen molar-refractivity contribution in [2.45, 2.75) is 40.3 Å². The van der Waals surface area contributed by atoms with Gasteiger partial charge >= 0.3 is 0 Å². The quantitative estimate of drug-likeness (QED) is 0.887. The summed E-state index contributed by atoms with van der Waals surface area (Å²) in [5.74, 6) is 0. The van der Waals surface area contributed by atoms with E-state index >= 15 is 0 Å². The first-order valence-electron chi connectivity index (χ1n) is 6.39. The maximum absolute atomic E-state index is 4.22. The fourth-order valence-corrected chi connectivity index (χ4v) is 2.13. The predicted molar refractivity (Wildman–Crippen MR) is 75.9 cm³/mol. The van der Waals surface area contributed by atoms with Gasteiger partial charge in [-0.05, 0) is 39.3 Å². The summed E-state index contributed by atoms with van der Waals surface area (Å²) < 4.78 is 2.19. The Kier molecular flexibility index (Phi) is 3.70. The third-order valence-corrected chi connectivity index (χ3v) is 3.14. The number of aryl methyl sites for hydroxylation is 2. The molecule has 0 fully saturated rings. The van der Waals surface area contributed by atoms with Crippen LogP contribution in [0.2, 0.25) is 0 Å². The normalized spacial score (nSPS) is 10.9. The van der Waals surface area contributed by atoms with Gasteiger partial charge in [0.2, 0.25) is 0 Å². The zero-order valence-electron chi connectivity index (χ0n) is 11.6. The smallest absolute Gasteiger partial charge is 0.0951 e. The number of benzene rings is 1. The van der Waals surface area contributed by atoms with Crippen molar-refractivity contribution in [2.75, 3.05) is 5.32 Å². The van der Waals surface area contributed by atoms with Crippen LogP contribution in [0.25, 0.3) is 0 Å². The molecule has 96 valence electrons. The fraction of sp³-hybridized carbons (Fsp3) is 0.400. The lowest BCUT2D eigenvalue weighted by Crippen LogP contribution is -2.09. The Bertz CT molecular complexity index is 526. The highest BCUT2D eigenvalue weighted by Gasteiger charge is 2.05. The second-order valence-electron chi connectivity index (χ2n) is 5.06. The lowest BCUT2D eigenvalue weighted by atomic mass is 10.1. The molecule has 3 heteroatoms. The summed E-state index contributed by atoms with van der Waals surface area (Å²) >= 11 is 0. The summed E-state index contributed by atoms with van der Waals surface area (Å²) in [7, 11) is 0. The van der Waals surface area contributed by atoms with Gasteiger partial charge in [0, 0.05) is 17.9 Å². The van der Waals surface area contributed by atoms with E-state index in [4.69, 9.17) is 0 Å². The van der Waals surface area contributed by atoms with Crippen molar-refractivity contribution < 1.29 is 0 Å². The third kappa shape index (κ3) is 2.73. The van der Waals surface area contributed by atoms with Crippen LogP contribution in [-0.2, 0) is 6.54 Å². The highest BCUT2D eigenvalue weighted by Crippen LogP contribution is 2.17. The minimum absolute atomic E-state index is 0.448. The molecule has 0 aliphatic heterocycles. The molecule has 0 atom stereocenters. The minimum Gasteiger partial charge on any atom is -0.379 e. The van der Waals surface area contributed by atoms with Crippen LogP contribution < -0.4 is 5.32 Å². The first kappa shape index (κ1) is 12.7. The molecule has 1 aromatic carbocycles. The number of imidazole rings is 1. The van der Waals surface area contributed by atoms with Gasteiger partial charge < -0.3 is 9.88 Å². The molecule has 0 aliphatic rings. The predicted octanol–water partition coefficient (Wildman–Crippen LogP) is 3.69. The number of hydrogen-bond acceptors (Lipinski definition) is 2. The average Bonchev–Trinajstić information content (AvgIpc) is 2.76. The van der Waals surface area contributed by atoms with Crippen molar-refractivity contribution in [3.63, 3.8) is 0 Å². The Morgan fingerprint density at radius 1 is 1.28 bits per heavy atom. The molecule has 0 unspecified atom stereocenters. The highest BCUT2D eigenvalue weighted by atomic mass is 15.1. The molecule has 1 aromatic heterocycles. The zero-order chi connectivity index (χ0) is 13.1. The Morgan fingerprint density at radius 3 is 2.72 bits per heavy atom. The van der Waals surface area contributed by atoms with Gasteiger partial charge in [0.1, 0.15) is 0 Å². The van der Waals surface area contributed by atoms with E-state index in [-0.39, 0.29) is 0 Å². The summed E-state index contributed by atoms with van der Waals surface area (Å²) in [5.41, 5.74) is 4.98. The molecule has 0 bridgehead atoms. The Morgan fingerprint density at radius 2 is 2.06 bits per heavy atom. The molecule has 1 N–H and O–H groups in total. The molecule has 2 rings (SSSR count). The number of hydrogen-bond donors (Lipinski definition) is 1. The van der Waals surface area contributed by atoms with Crippen LogP contribution in [0.3, 0.4) is 0 Å². The molecule has 0 amide bonds. The maximum atomic E-state index is 4.22. The van der Waals surface area contributed by atoms with E-state index in [1.807, 2.05) is 12.5 Å². The molecule has 1 heterocycles. The van der Waals surface area contributed by atoms with Crippen LogP contribution in [-0.4, -0.2) is 9.55 Å². The van der Waals surface area contributed by atoms with Crippen molar-refractivity contribution in [1.29, 1.82) is 0 Å². The molecule has 0 radical (unpaired) electrons. The van der Waals surface area contributed by atoms with Crippen molar-refractivity contribution in [3.8, 4) is 0 Å². The van der Waals surface area contributed by atoms with E-state index < -0.39 is 0 Å². The third-order valence-electron chi connectivity index (χ3n) is 3.14. The van der Waals surface area contributed by atoms with E-state index in [2.05, 4.69) is 60.8 Å². The molecule has 0 spiro atoms. The highest BCUT2D eigenvalue weighted by molar-refractivity contribution is 5.51. The van der Waals surface area contributed by atoms with Gasteiger partial charge in [-0.2, -0.15) is 0 Å². The molecule has 0 aliphatic carbocycles. The minimum atomic E-state index is 0.448.